The first kappa shape index (κ1) is 19.7. The number of hydrazone groups is 1. The average molecular weight is 537 g/mol. The number of nitrogens with zero attached hydrogens (tertiary/aromatic N) is 1. The summed E-state index contributed by atoms with van der Waals surface area (Å²) in [5, 5.41) is 13.7. The number of hydrogen-bond donors (Lipinski definition) is 2. The van der Waals surface area contributed by atoms with Crippen LogP contribution in [-0.4, -0.2) is 30.9 Å². The maximum atomic E-state index is 11.8. The first-order valence-electron chi connectivity index (χ1n) is 6.87. The highest BCUT2D eigenvalue weighted by Gasteiger charge is 2.12. The predicted octanol–water partition coefficient (Wildman–Crippen LogP) is 4.22. The van der Waals surface area contributed by atoms with Crippen LogP contribution in [0.2, 0.25) is 0 Å². The third kappa shape index (κ3) is 5.45. The second-order valence-corrected chi connectivity index (χ2v) is 7.18. The number of methoxy groups -OCH3 is 1. The molecule has 0 atom stereocenters. The lowest BCUT2D eigenvalue weighted by Gasteiger charge is -2.07. The monoisotopic (exact) mass is 534 g/mol. The number of halogens is 3. The maximum Gasteiger partial charge on any atom is 0.277 e. The van der Waals surface area contributed by atoms with Crippen LogP contribution in [0.25, 0.3) is 0 Å². The standard InChI is InChI=1S/C16H13Br3N2O4/c1-24-9-2-4-10(5-3-9)25-8-14(22)21-20-7-11-12(17)6-13(18)16(23)15(11)19/h2-7,23H,8H2,1H3,(H,21,22). The van der Waals surface area contributed by atoms with E-state index in [0.29, 0.717) is 30.5 Å². The molecule has 0 aliphatic rings. The Morgan fingerprint density at radius 1 is 1.20 bits per heavy atom. The summed E-state index contributed by atoms with van der Waals surface area (Å²) in [7, 11) is 1.57. The molecule has 0 saturated carbocycles. The van der Waals surface area contributed by atoms with Crippen LogP contribution in [0.1, 0.15) is 5.56 Å². The number of carbonyl (C=O) groups is 1. The Hall–Kier alpha value is -1.58. The van der Waals surface area contributed by atoms with Gasteiger partial charge in [0, 0.05) is 10.0 Å². The molecule has 2 aromatic rings. The van der Waals surface area contributed by atoms with Crippen LogP contribution in [0.4, 0.5) is 0 Å². The highest BCUT2D eigenvalue weighted by Crippen LogP contribution is 2.38. The molecular weight excluding hydrogens is 524 g/mol. The molecule has 132 valence electrons. The molecule has 6 nitrogen and oxygen atoms in total. The molecule has 25 heavy (non-hydrogen) atoms. The van der Waals surface area contributed by atoms with Gasteiger partial charge in [-0.1, -0.05) is 15.9 Å². The summed E-state index contributed by atoms with van der Waals surface area (Å²) >= 11 is 9.86. The van der Waals surface area contributed by atoms with Crippen molar-refractivity contribution in [3.8, 4) is 17.2 Å². The van der Waals surface area contributed by atoms with E-state index >= 15 is 0 Å². The van der Waals surface area contributed by atoms with Gasteiger partial charge in [-0.3, -0.25) is 4.79 Å². The zero-order chi connectivity index (χ0) is 18.4. The summed E-state index contributed by atoms with van der Waals surface area (Å²) in [4.78, 5) is 11.8. The van der Waals surface area contributed by atoms with E-state index in [9.17, 15) is 9.90 Å². The van der Waals surface area contributed by atoms with Crippen LogP contribution in [0.15, 0.2) is 48.9 Å². The van der Waals surface area contributed by atoms with E-state index in [-0.39, 0.29) is 12.4 Å². The molecule has 0 fully saturated rings. The van der Waals surface area contributed by atoms with Crippen LogP contribution in [-0.2, 0) is 4.79 Å². The number of ether oxygens (including phenoxy) is 2. The minimum absolute atomic E-state index is 0.0406. The predicted molar refractivity (Wildman–Crippen MR) is 105 cm³/mol. The van der Waals surface area contributed by atoms with Crippen LogP contribution >= 0.6 is 47.8 Å². The summed E-state index contributed by atoms with van der Waals surface area (Å²) in [5.74, 6) is 0.873. The Morgan fingerprint density at radius 2 is 1.84 bits per heavy atom. The fourth-order valence-corrected chi connectivity index (χ4v) is 4.06. The van der Waals surface area contributed by atoms with Crippen molar-refractivity contribution in [1.29, 1.82) is 0 Å². The first-order valence-corrected chi connectivity index (χ1v) is 9.25. The average Bonchev–Trinajstić information content (AvgIpc) is 2.61. The molecule has 0 aliphatic carbocycles. The Morgan fingerprint density at radius 3 is 2.48 bits per heavy atom. The van der Waals surface area contributed by atoms with E-state index in [1.54, 1.807) is 37.4 Å². The minimum atomic E-state index is -0.416. The van der Waals surface area contributed by atoms with Gasteiger partial charge in [0.25, 0.3) is 5.91 Å². The highest BCUT2D eigenvalue weighted by molar-refractivity contribution is 9.11. The van der Waals surface area contributed by atoms with Crippen molar-refractivity contribution in [3.05, 3.63) is 49.3 Å². The van der Waals surface area contributed by atoms with Crippen molar-refractivity contribution in [2.45, 2.75) is 0 Å². The van der Waals surface area contributed by atoms with Crippen molar-refractivity contribution in [1.82, 2.24) is 5.43 Å². The van der Waals surface area contributed by atoms with Crippen LogP contribution in [0, 0.1) is 0 Å². The smallest absolute Gasteiger partial charge is 0.277 e. The van der Waals surface area contributed by atoms with Gasteiger partial charge in [0.05, 0.1) is 22.3 Å². The summed E-state index contributed by atoms with van der Waals surface area (Å²) in [6, 6.07) is 8.55. The van der Waals surface area contributed by atoms with E-state index in [1.165, 1.54) is 6.21 Å². The number of nitrogens with one attached hydrogen (secondary N) is 1. The molecule has 0 aliphatic heterocycles. The van der Waals surface area contributed by atoms with Crippen molar-refractivity contribution >= 4 is 59.9 Å². The van der Waals surface area contributed by atoms with Gasteiger partial charge in [-0.25, -0.2) is 5.43 Å². The van der Waals surface area contributed by atoms with Gasteiger partial charge in [-0.2, -0.15) is 5.10 Å². The van der Waals surface area contributed by atoms with Gasteiger partial charge in [0.2, 0.25) is 0 Å². The molecule has 2 aromatic carbocycles. The maximum absolute atomic E-state index is 11.8. The second-order valence-electron chi connectivity index (χ2n) is 4.67. The van der Waals surface area contributed by atoms with Crippen molar-refractivity contribution in [3.63, 3.8) is 0 Å². The van der Waals surface area contributed by atoms with Crippen molar-refractivity contribution in [2.75, 3.05) is 13.7 Å². The van der Waals surface area contributed by atoms with Crippen molar-refractivity contribution < 1.29 is 19.4 Å². The van der Waals surface area contributed by atoms with Gasteiger partial charge in [-0.05, 0) is 62.2 Å². The molecule has 2 N–H and O–H groups in total. The second kappa shape index (κ2) is 9.21. The number of amides is 1. The first-order chi connectivity index (χ1) is 11.9. The lowest BCUT2D eigenvalue weighted by molar-refractivity contribution is -0.123. The molecule has 9 heteroatoms. The third-order valence-electron chi connectivity index (χ3n) is 2.99. The number of hydrogen-bond acceptors (Lipinski definition) is 5. The molecule has 0 heterocycles. The van der Waals surface area contributed by atoms with E-state index < -0.39 is 5.91 Å². The number of benzene rings is 2. The SMILES string of the molecule is COc1ccc(OCC(=O)NN=Cc2c(Br)cc(Br)c(O)c2Br)cc1. The zero-order valence-corrected chi connectivity index (χ0v) is 17.7. The van der Waals surface area contributed by atoms with Gasteiger partial charge in [0.1, 0.15) is 17.2 Å². The van der Waals surface area contributed by atoms with E-state index in [2.05, 4.69) is 58.3 Å². The molecule has 0 bridgehead atoms. The quantitative estimate of drug-likeness (QED) is 0.428. The summed E-state index contributed by atoms with van der Waals surface area (Å²) < 4.78 is 12.1. The Bertz CT molecular complexity index is 795. The lowest BCUT2D eigenvalue weighted by atomic mass is 10.2. The Labute approximate surface area is 169 Å². The van der Waals surface area contributed by atoms with Gasteiger partial charge in [0.15, 0.2) is 6.61 Å². The van der Waals surface area contributed by atoms with Crippen LogP contribution in [0.5, 0.6) is 17.2 Å². The van der Waals surface area contributed by atoms with Gasteiger partial charge in [-0.15, -0.1) is 0 Å². The summed E-state index contributed by atoms with van der Waals surface area (Å²) in [5.41, 5.74) is 2.94. The van der Waals surface area contributed by atoms with E-state index in [1.807, 2.05) is 0 Å². The summed E-state index contributed by atoms with van der Waals surface area (Å²) in [6.45, 7) is -0.183. The molecule has 0 unspecified atom stereocenters. The normalized spacial score (nSPS) is 10.7. The van der Waals surface area contributed by atoms with E-state index in [4.69, 9.17) is 9.47 Å². The van der Waals surface area contributed by atoms with Crippen LogP contribution in [0.3, 0.4) is 0 Å². The number of aromatic hydroxyl groups is 1. The molecule has 0 aromatic heterocycles. The molecule has 0 spiro atoms. The van der Waals surface area contributed by atoms with Crippen LogP contribution < -0.4 is 14.9 Å². The Balaban J connectivity index is 1.91. The summed E-state index contributed by atoms with van der Waals surface area (Å²) in [6.07, 6.45) is 1.41. The van der Waals surface area contributed by atoms with Gasteiger partial charge >= 0.3 is 0 Å². The number of rotatable bonds is 6. The number of phenolic OH excluding ortho intramolecular Hbond substituents is 1. The highest BCUT2D eigenvalue weighted by atomic mass is 79.9. The fraction of sp³-hybridized carbons (Fsp3) is 0.125. The molecular formula is C16H13Br3N2O4. The van der Waals surface area contributed by atoms with E-state index in [0.717, 1.165) is 0 Å². The molecule has 0 saturated heterocycles. The number of phenols is 1. The molecule has 0 radical (unpaired) electrons. The lowest BCUT2D eigenvalue weighted by Crippen LogP contribution is -2.24. The van der Waals surface area contributed by atoms with Gasteiger partial charge < -0.3 is 14.6 Å². The molecule has 2 rings (SSSR count). The van der Waals surface area contributed by atoms with Crippen molar-refractivity contribution in [2.24, 2.45) is 5.10 Å². The zero-order valence-electron chi connectivity index (χ0n) is 12.9. The fourth-order valence-electron chi connectivity index (χ4n) is 1.73. The topological polar surface area (TPSA) is 80.2 Å². The Kier molecular flexibility index (Phi) is 7.27. The minimum Gasteiger partial charge on any atom is -0.506 e. The third-order valence-corrected chi connectivity index (χ3v) is 5.06. The largest absolute Gasteiger partial charge is 0.506 e. The molecule has 1 amide bonds. The number of carbonyl (C=O) groups excluding carboxylic acids is 1.